The van der Waals surface area contributed by atoms with E-state index in [1.807, 2.05) is 0 Å². The molecular formula is C5H10BFO4. The second-order valence-electron chi connectivity index (χ2n) is 2.76. The molecule has 1 saturated heterocycles. The molecule has 0 aromatic rings. The number of hydrogen-bond donors (Lipinski definition) is 3. The average Bonchev–Trinajstić information content (AvgIpc) is 2.13. The van der Waals surface area contributed by atoms with Crippen LogP contribution in [0.2, 0.25) is 0 Å². The summed E-state index contributed by atoms with van der Waals surface area (Å²) in [6, 6.07) is 0. The Hall–Kier alpha value is -0.165. The van der Waals surface area contributed by atoms with Crippen LogP contribution in [0.3, 0.4) is 0 Å². The number of hydrogen-bond acceptors (Lipinski definition) is 4. The summed E-state index contributed by atoms with van der Waals surface area (Å²) in [5, 5.41) is 26.5. The molecule has 4 nitrogen and oxygen atoms in total. The van der Waals surface area contributed by atoms with E-state index in [9.17, 15) is 4.39 Å². The summed E-state index contributed by atoms with van der Waals surface area (Å²) in [7, 11) is 1.01. The van der Waals surface area contributed by atoms with E-state index in [1.54, 1.807) is 0 Å². The molecule has 0 saturated carbocycles. The molecule has 3 N–H and O–H groups in total. The number of rotatable bonds is 1. The zero-order valence-corrected chi connectivity index (χ0v) is 6.07. The first-order valence-electron chi connectivity index (χ1n) is 3.33. The van der Waals surface area contributed by atoms with Crippen molar-refractivity contribution in [1.82, 2.24) is 0 Å². The summed E-state index contributed by atoms with van der Waals surface area (Å²) < 4.78 is 17.5. The van der Waals surface area contributed by atoms with Gasteiger partial charge < -0.3 is 20.1 Å². The van der Waals surface area contributed by atoms with Crippen LogP contribution in [0.15, 0.2) is 0 Å². The van der Waals surface area contributed by atoms with Crippen LogP contribution in [-0.2, 0) is 4.74 Å². The maximum absolute atomic E-state index is 12.9. The second kappa shape index (κ2) is 2.71. The molecule has 1 heterocycles. The summed E-state index contributed by atoms with van der Waals surface area (Å²) in [4.78, 5) is 0. The number of aliphatic hydroxyl groups is 3. The molecule has 0 amide bonds. The topological polar surface area (TPSA) is 69.9 Å². The Bertz CT molecular complexity index is 153. The lowest BCUT2D eigenvalue weighted by atomic mass is 9.90. The molecule has 1 fully saturated rings. The quantitative estimate of drug-likeness (QED) is 0.370. The van der Waals surface area contributed by atoms with Crippen molar-refractivity contribution in [3.63, 3.8) is 0 Å². The zero-order chi connectivity index (χ0) is 8.65. The third-order valence-electron chi connectivity index (χ3n) is 1.79. The lowest BCUT2D eigenvalue weighted by molar-refractivity contribution is -0.117. The van der Waals surface area contributed by atoms with E-state index < -0.39 is 30.7 Å². The Morgan fingerprint density at radius 2 is 2.09 bits per heavy atom. The number of halogens is 1. The average molecular weight is 164 g/mol. The van der Waals surface area contributed by atoms with Gasteiger partial charge in [0.15, 0.2) is 13.6 Å². The minimum Gasteiger partial charge on any atom is -0.394 e. The van der Waals surface area contributed by atoms with Crippen LogP contribution in [0.5, 0.6) is 0 Å². The van der Waals surface area contributed by atoms with Gasteiger partial charge in [0.2, 0.25) is 0 Å². The third kappa shape index (κ3) is 1.39. The fourth-order valence-corrected chi connectivity index (χ4v) is 1.09. The highest BCUT2D eigenvalue weighted by molar-refractivity contribution is 6.14. The molecule has 1 aliphatic rings. The van der Waals surface area contributed by atoms with Gasteiger partial charge in [-0.15, -0.1) is 0 Å². The lowest BCUT2D eigenvalue weighted by Gasteiger charge is -2.16. The van der Waals surface area contributed by atoms with Crippen LogP contribution in [-0.4, -0.2) is 53.8 Å². The third-order valence-corrected chi connectivity index (χ3v) is 1.79. The molecule has 0 aliphatic carbocycles. The summed E-state index contributed by atoms with van der Waals surface area (Å²) in [5.74, 6) is -2.26. The Kier molecular flexibility index (Phi) is 2.20. The Morgan fingerprint density at radius 1 is 1.55 bits per heavy atom. The van der Waals surface area contributed by atoms with E-state index in [2.05, 4.69) is 4.74 Å². The first-order valence-corrected chi connectivity index (χ1v) is 3.33. The number of ether oxygens (including phenoxy) is 1. The van der Waals surface area contributed by atoms with Gasteiger partial charge in [0, 0.05) is 0 Å². The maximum atomic E-state index is 12.9. The van der Waals surface area contributed by atoms with Crippen LogP contribution >= 0.6 is 0 Å². The van der Waals surface area contributed by atoms with E-state index in [-0.39, 0.29) is 0 Å². The molecule has 0 spiro atoms. The van der Waals surface area contributed by atoms with Crippen molar-refractivity contribution < 1.29 is 24.4 Å². The first kappa shape index (κ1) is 8.93. The van der Waals surface area contributed by atoms with Gasteiger partial charge in [-0.25, -0.2) is 4.39 Å². The van der Waals surface area contributed by atoms with Gasteiger partial charge in [0.05, 0.1) is 6.61 Å². The predicted molar refractivity (Wildman–Crippen MR) is 36.4 cm³/mol. The minimum absolute atomic E-state index is 0.502. The van der Waals surface area contributed by atoms with Crippen molar-refractivity contribution in [3.05, 3.63) is 0 Å². The normalized spacial score (nSPS) is 51.5. The second-order valence-corrected chi connectivity index (χ2v) is 2.76. The highest BCUT2D eigenvalue weighted by Crippen LogP contribution is 2.29. The van der Waals surface area contributed by atoms with Gasteiger partial charge in [-0.3, -0.25) is 0 Å². The molecular weight excluding hydrogens is 154 g/mol. The van der Waals surface area contributed by atoms with E-state index >= 15 is 0 Å². The monoisotopic (exact) mass is 164 g/mol. The van der Waals surface area contributed by atoms with E-state index in [0.717, 1.165) is 7.85 Å². The number of alkyl halides is 1. The van der Waals surface area contributed by atoms with Crippen LogP contribution in [0.1, 0.15) is 0 Å². The number of aliphatic hydroxyl groups excluding tert-OH is 3. The SMILES string of the molecule is B[C@]1(F)O[C@H](CO)C(O)C1O. The Balaban J connectivity index is 2.69. The Labute approximate surface area is 64.0 Å². The largest absolute Gasteiger partial charge is 0.394 e. The van der Waals surface area contributed by atoms with Crippen LogP contribution in [0.25, 0.3) is 0 Å². The molecule has 0 aromatic carbocycles. The van der Waals surface area contributed by atoms with Gasteiger partial charge in [-0.2, -0.15) is 0 Å². The van der Waals surface area contributed by atoms with Gasteiger partial charge in [0.25, 0.3) is 0 Å². The summed E-state index contributed by atoms with van der Waals surface area (Å²) in [5.41, 5.74) is 0. The summed E-state index contributed by atoms with van der Waals surface area (Å²) >= 11 is 0. The van der Waals surface area contributed by atoms with Crippen molar-refractivity contribution in [2.75, 3.05) is 6.61 Å². The zero-order valence-electron chi connectivity index (χ0n) is 6.07. The molecule has 64 valence electrons. The van der Waals surface area contributed by atoms with Gasteiger partial charge in [-0.05, 0) is 0 Å². The van der Waals surface area contributed by atoms with E-state index in [1.165, 1.54) is 0 Å². The van der Waals surface area contributed by atoms with Gasteiger partial charge in [0.1, 0.15) is 18.3 Å². The predicted octanol–water partition coefficient (Wildman–Crippen LogP) is -2.64. The fourth-order valence-electron chi connectivity index (χ4n) is 1.09. The highest BCUT2D eigenvalue weighted by Gasteiger charge is 2.50. The van der Waals surface area contributed by atoms with Crippen LogP contribution in [0.4, 0.5) is 4.39 Å². The molecule has 1 aliphatic heterocycles. The van der Waals surface area contributed by atoms with E-state index in [4.69, 9.17) is 15.3 Å². The van der Waals surface area contributed by atoms with Gasteiger partial charge in [-0.1, -0.05) is 0 Å². The molecule has 4 atom stereocenters. The van der Waals surface area contributed by atoms with Crippen LogP contribution < -0.4 is 0 Å². The lowest BCUT2D eigenvalue weighted by Crippen LogP contribution is -2.39. The fraction of sp³-hybridized carbons (Fsp3) is 1.00. The minimum atomic E-state index is -2.26. The van der Waals surface area contributed by atoms with Gasteiger partial charge >= 0.3 is 0 Å². The van der Waals surface area contributed by atoms with Crippen molar-refractivity contribution in [2.45, 2.75) is 24.1 Å². The van der Waals surface area contributed by atoms with Crippen molar-refractivity contribution in [1.29, 1.82) is 0 Å². The van der Waals surface area contributed by atoms with Crippen molar-refractivity contribution in [2.24, 2.45) is 0 Å². The maximum Gasteiger partial charge on any atom is 0.195 e. The molecule has 0 aromatic heterocycles. The Morgan fingerprint density at radius 3 is 2.27 bits per heavy atom. The smallest absolute Gasteiger partial charge is 0.195 e. The highest BCUT2D eigenvalue weighted by atomic mass is 19.2. The standard InChI is InChI=1S/C5H10BFO4/c6-5(7)4(10)3(9)2(1-8)11-5/h2-4,8-10H,1,6H2/t2-,3?,4?,5-/m1/s1. The van der Waals surface area contributed by atoms with Crippen molar-refractivity contribution >= 4 is 7.85 Å². The van der Waals surface area contributed by atoms with E-state index in [0.29, 0.717) is 0 Å². The molecule has 11 heavy (non-hydrogen) atoms. The molecule has 6 heteroatoms. The van der Waals surface area contributed by atoms with Crippen LogP contribution in [0, 0.1) is 0 Å². The molecule has 0 bridgehead atoms. The molecule has 2 unspecified atom stereocenters. The molecule has 0 radical (unpaired) electrons. The first-order chi connectivity index (χ1) is 4.99. The summed E-state index contributed by atoms with van der Waals surface area (Å²) in [6.07, 6.45) is -3.96. The van der Waals surface area contributed by atoms with Crippen molar-refractivity contribution in [3.8, 4) is 0 Å². The molecule has 1 rings (SSSR count). The summed E-state index contributed by atoms with van der Waals surface area (Å²) in [6.45, 7) is -0.502.